The number of hydrogen-bond donors (Lipinski definition) is 0. The Morgan fingerprint density at radius 3 is 1.92 bits per heavy atom. The van der Waals surface area contributed by atoms with Gasteiger partial charge in [-0.1, -0.05) is 111 Å². The first-order valence-corrected chi connectivity index (χ1v) is 16.6. The lowest BCUT2D eigenvalue weighted by Crippen LogP contribution is -2.16. The van der Waals surface area contributed by atoms with Crippen molar-refractivity contribution < 1.29 is 4.74 Å². The maximum Gasteiger partial charge on any atom is 0.152 e. The van der Waals surface area contributed by atoms with Crippen molar-refractivity contribution in [3.8, 4) is 39.4 Å². The molecule has 3 nitrogen and oxygen atoms in total. The SMILES string of the molecule is CC1(C)c2ccc(-c3cccc4c5cccc6c5n(c34)-c3ccccc3O6)cc2-c2ccc(N(c3ccccc3)c3ccccc3)cc21. The number of rotatable bonds is 4. The molecule has 2 aliphatic rings. The fraction of sp³-hybridized carbons (Fsp3) is 0.0667. The first-order chi connectivity index (χ1) is 23.6. The Morgan fingerprint density at radius 2 is 1.15 bits per heavy atom. The van der Waals surface area contributed by atoms with Gasteiger partial charge in [-0.05, 0) is 88.5 Å². The van der Waals surface area contributed by atoms with Crippen LogP contribution in [0.25, 0.3) is 49.7 Å². The van der Waals surface area contributed by atoms with E-state index in [9.17, 15) is 0 Å². The average molecular weight is 617 g/mol. The van der Waals surface area contributed by atoms with Crippen LogP contribution in [0.3, 0.4) is 0 Å². The predicted molar refractivity (Wildman–Crippen MR) is 199 cm³/mol. The largest absolute Gasteiger partial charge is 0.453 e. The molecule has 3 heteroatoms. The van der Waals surface area contributed by atoms with Gasteiger partial charge < -0.3 is 14.2 Å². The van der Waals surface area contributed by atoms with Gasteiger partial charge in [0.25, 0.3) is 0 Å². The van der Waals surface area contributed by atoms with E-state index < -0.39 is 0 Å². The Hall–Kier alpha value is -6.06. The molecule has 0 spiro atoms. The molecule has 0 atom stereocenters. The molecule has 0 unspecified atom stereocenters. The maximum atomic E-state index is 6.41. The van der Waals surface area contributed by atoms with E-state index in [-0.39, 0.29) is 5.41 Å². The third kappa shape index (κ3) is 3.76. The molecule has 2 heterocycles. The van der Waals surface area contributed by atoms with E-state index in [4.69, 9.17) is 4.74 Å². The van der Waals surface area contributed by atoms with E-state index in [0.717, 1.165) is 39.8 Å². The van der Waals surface area contributed by atoms with E-state index in [1.165, 1.54) is 49.7 Å². The van der Waals surface area contributed by atoms with Gasteiger partial charge in [0.2, 0.25) is 0 Å². The lowest BCUT2D eigenvalue weighted by molar-refractivity contribution is 0.476. The summed E-state index contributed by atoms with van der Waals surface area (Å²) in [5, 5.41) is 2.44. The molecule has 0 bridgehead atoms. The van der Waals surface area contributed by atoms with Crippen molar-refractivity contribution >= 4 is 38.9 Å². The number of hydrogen-bond acceptors (Lipinski definition) is 2. The molecule has 0 amide bonds. The summed E-state index contributed by atoms with van der Waals surface area (Å²) < 4.78 is 8.82. The third-order valence-corrected chi connectivity index (χ3v) is 10.4. The van der Waals surface area contributed by atoms with Gasteiger partial charge in [-0.15, -0.1) is 0 Å². The second-order valence-electron chi connectivity index (χ2n) is 13.4. The van der Waals surface area contributed by atoms with Crippen molar-refractivity contribution in [2.75, 3.05) is 4.90 Å². The molecule has 0 saturated carbocycles. The van der Waals surface area contributed by atoms with Gasteiger partial charge in [-0.3, -0.25) is 0 Å². The van der Waals surface area contributed by atoms with Gasteiger partial charge in [0.15, 0.2) is 11.5 Å². The third-order valence-electron chi connectivity index (χ3n) is 10.4. The zero-order chi connectivity index (χ0) is 32.0. The van der Waals surface area contributed by atoms with Gasteiger partial charge in [-0.25, -0.2) is 0 Å². The Bertz CT molecular complexity index is 2520. The van der Waals surface area contributed by atoms with Crippen molar-refractivity contribution in [1.29, 1.82) is 0 Å². The summed E-state index contributed by atoms with van der Waals surface area (Å²) in [5.41, 5.74) is 14.5. The standard InChI is InChI=1S/C45H32N2O/c1-45(2)38-26-23-29(33-17-11-18-35-36-19-12-22-42-44(36)47(43(33)35)40-20-9-10-21-41(40)48-42)27-37(38)34-25-24-32(28-39(34)45)46(30-13-5-3-6-14-30)31-15-7-4-8-16-31/h3-28H,1-2H3. The molecule has 8 aromatic rings. The van der Waals surface area contributed by atoms with Crippen molar-refractivity contribution in [2.24, 2.45) is 0 Å². The van der Waals surface area contributed by atoms with Crippen LogP contribution in [0.4, 0.5) is 17.1 Å². The summed E-state index contributed by atoms with van der Waals surface area (Å²) >= 11 is 0. The molecule has 48 heavy (non-hydrogen) atoms. The van der Waals surface area contributed by atoms with Crippen molar-refractivity contribution in [1.82, 2.24) is 4.57 Å². The van der Waals surface area contributed by atoms with E-state index in [2.05, 4.69) is 175 Å². The van der Waals surface area contributed by atoms with Gasteiger partial charge in [0, 0.05) is 38.8 Å². The van der Waals surface area contributed by atoms with Crippen molar-refractivity contribution in [2.45, 2.75) is 19.3 Å². The first kappa shape index (κ1) is 27.1. The molecule has 0 radical (unpaired) electrons. The highest BCUT2D eigenvalue weighted by Gasteiger charge is 2.36. The number of benzene rings is 7. The van der Waals surface area contributed by atoms with Crippen LogP contribution in [0, 0.1) is 0 Å². The minimum atomic E-state index is -0.148. The average Bonchev–Trinajstić information content (AvgIpc) is 3.59. The predicted octanol–water partition coefficient (Wildman–Crippen LogP) is 12.3. The minimum Gasteiger partial charge on any atom is -0.453 e. The zero-order valence-electron chi connectivity index (χ0n) is 26.8. The summed E-state index contributed by atoms with van der Waals surface area (Å²) in [4.78, 5) is 2.35. The number of aromatic nitrogens is 1. The molecular formula is C45H32N2O. The molecule has 10 rings (SSSR count). The lowest BCUT2D eigenvalue weighted by Gasteiger charge is -2.28. The smallest absolute Gasteiger partial charge is 0.152 e. The minimum absolute atomic E-state index is 0.148. The Balaban J connectivity index is 1.16. The quantitative estimate of drug-likeness (QED) is 0.196. The van der Waals surface area contributed by atoms with Crippen LogP contribution < -0.4 is 9.64 Å². The van der Waals surface area contributed by atoms with Gasteiger partial charge in [-0.2, -0.15) is 0 Å². The van der Waals surface area contributed by atoms with Crippen LogP contribution in [0.1, 0.15) is 25.0 Å². The second kappa shape index (κ2) is 9.97. The summed E-state index contributed by atoms with van der Waals surface area (Å²) in [6.45, 7) is 4.72. The van der Waals surface area contributed by atoms with E-state index >= 15 is 0 Å². The van der Waals surface area contributed by atoms with E-state index in [1.807, 2.05) is 6.07 Å². The topological polar surface area (TPSA) is 17.4 Å². The molecule has 7 aromatic carbocycles. The summed E-state index contributed by atoms with van der Waals surface area (Å²) in [6.07, 6.45) is 0. The molecular weight excluding hydrogens is 585 g/mol. The highest BCUT2D eigenvalue weighted by molar-refractivity contribution is 6.16. The van der Waals surface area contributed by atoms with Crippen LogP contribution in [0.2, 0.25) is 0 Å². The van der Waals surface area contributed by atoms with Crippen molar-refractivity contribution in [3.63, 3.8) is 0 Å². The molecule has 0 saturated heterocycles. The van der Waals surface area contributed by atoms with E-state index in [1.54, 1.807) is 0 Å². The van der Waals surface area contributed by atoms with E-state index in [0.29, 0.717) is 0 Å². The van der Waals surface area contributed by atoms with Gasteiger partial charge >= 0.3 is 0 Å². The monoisotopic (exact) mass is 616 g/mol. The Labute approximate surface area is 279 Å². The summed E-state index contributed by atoms with van der Waals surface area (Å²) in [7, 11) is 0. The fourth-order valence-corrected chi connectivity index (χ4v) is 8.14. The molecule has 0 fully saturated rings. The van der Waals surface area contributed by atoms with Crippen molar-refractivity contribution in [3.05, 3.63) is 169 Å². The maximum absolute atomic E-state index is 6.41. The van der Waals surface area contributed by atoms with Gasteiger partial charge in [0.1, 0.15) is 0 Å². The molecule has 1 aliphatic heterocycles. The summed E-state index contributed by atoms with van der Waals surface area (Å²) in [6, 6.07) is 56.8. The molecule has 228 valence electrons. The highest BCUT2D eigenvalue weighted by Crippen LogP contribution is 2.53. The number of nitrogens with zero attached hydrogens (tertiary/aromatic N) is 2. The fourth-order valence-electron chi connectivity index (χ4n) is 8.14. The van der Waals surface area contributed by atoms with Crippen LogP contribution in [-0.4, -0.2) is 4.57 Å². The number of ether oxygens (including phenoxy) is 1. The Morgan fingerprint density at radius 1 is 0.479 bits per heavy atom. The molecule has 1 aliphatic carbocycles. The second-order valence-corrected chi connectivity index (χ2v) is 13.4. The van der Waals surface area contributed by atoms with Crippen LogP contribution >= 0.6 is 0 Å². The lowest BCUT2D eigenvalue weighted by atomic mass is 9.82. The van der Waals surface area contributed by atoms with Crippen LogP contribution in [0.5, 0.6) is 11.5 Å². The molecule has 1 aromatic heterocycles. The van der Waals surface area contributed by atoms with Crippen LogP contribution in [-0.2, 0) is 5.41 Å². The number of fused-ring (bicyclic) bond motifs is 8. The first-order valence-electron chi connectivity index (χ1n) is 16.6. The zero-order valence-corrected chi connectivity index (χ0v) is 26.8. The number of para-hydroxylation sites is 6. The Kier molecular flexibility index (Phi) is 5.63. The molecule has 0 N–H and O–H groups in total. The normalized spacial score (nSPS) is 13.5. The van der Waals surface area contributed by atoms with Crippen LogP contribution in [0.15, 0.2) is 158 Å². The highest BCUT2D eigenvalue weighted by atomic mass is 16.5. The van der Waals surface area contributed by atoms with Gasteiger partial charge in [0.05, 0.1) is 16.7 Å². The summed E-state index contributed by atoms with van der Waals surface area (Å²) in [5.74, 6) is 1.78. The number of anilines is 3.